The van der Waals surface area contributed by atoms with Gasteiger partial charge >= 0.3 is 0 Å². The zero-order valence-electron chi connectivity index (χ0n) is 16.7. The average Bonchev–Trinajstić information content (AvgIpc) is 2.71. The summed E-state index contributed by atoms with van der Waals surface area (Å²) in [6, 6.07) is 15.9. The number of nitrogens with zero attached hydrogens (tertiary/aromatic N) is 2. The molecule has 1 saturated heterocycles. The molecule has 2 aromatic carbocycles. The third kappa shape index (κ3) is 3.91. The number of hydrogen-bond donors (Lipinski definition) is 2. The van der Waals surface area contributed by atoms with Crippen LogP contribution in [0, 0.1) is 0 Å². The van der Waals surface area contributed by atoms with Gasteiger partial charge < -0.3 is 14.7 Å². The van der Waals surface area contributed by atoms with Crippen LogP contribution < -0.4 is 10.1 Å². The van der Waals surface area contributed by atoms with Gasteiger partial charge in [-0.05, 0) is 62.7 Å². The average molecular weight is 380 g/mol. The van der Waals surface area contributed by atoms with Crippen LogP contribution in [0.15, 0.2) is 53.5 Å². The van der Waals surface area contributed by atoms with Crippen molar-refractivity contribution in [2.75, 3.05) is 26.7 Å². The Balaban J connectivity index is 1.68. The molecule has 4 rings (SSSR count). The second-order valence-corrected chi connectivity index (χ2v) is 7.81. The second kappa shape index (κ2) is 7.94. The summed E-state index contributed by atoms with van der Waals surface area (Å²) in [5.41, 5.74) is 2.90. The molecule has 2 N–H and O–H groups in total. The predicted molar refractivity (Wildman–Crippen MR) is 112 cm³/mol. The molecule has 0 aliphatic carbocycles. The molecule has 1 spiro atoms. The highest BCUT2D eigenvalue weighted by atomic mass is 16.5. The van der Waals surface area contributed by atoms with Crippen molar-refractivity contribution in [2.24, 2.45) is 4.99 Å². The van der Waals surface area contributed by atoms with Gasteiger partial charge in [0, 0.05) is 36.8 Å². The van der Waals surface area contributed by atoms with E-state index in [1.54, 1.807) is 6.07 Å². The molecule has 28 heavy (non-hydrogen) atoms. The quantitative estimate of drug-likeness (QED) is 0.850. The molecule has 2 aliphatic heterocycles. The highest BCUT2D eigenvalue weighted by Gasteiger charge is 2.39. The number of para-hydroxylation sites is 1. The third-order valence-electron chi connectivity index (χ3n) is 5.81. The minimum absolute atomic E-state index is 0.0451. The summed E-state index contributed by atoms with van der Waals surface area (Å²) >= 11 is 0. The number of nitrogens with one attached hydrogen (secondary N) is 1. The van der Waals surface area contributed by atoms with E-state index < -0.39 is 0 Å². The third-order valence-corrected chi connectivity index (χ3v) is 5.81. The van der Waals surface area contributed by atoms with E-state index in [0.29, 0.717) is 12.4 Å². The standard InChI is InChI=1S/C23H29N3O2/c1-3-28-18-10-8-17(9-11-18)20-16-21(19-6-4-5-7-22(19)27)25-23(24-20)12-14-26(2)15-13-23/h4-11,21,25,27H,3,12-16H2,1-2H3/t21-/m0/s1. The summed E-state index contributed by atoms with van der Waals surface area (Å²) in [5, 5.41) is 14.2. The zero-order valence-corrected chi connectivity index (χ0v) is 16.7. The van der Waals surface area contributed by atoms with Gasteiger partial charge in [-0.2, -0.15) is 0 Å². The van der Waals surface area contributed by atoms with Crippen molar-refractivity contribution in [1.29, 1.82) is 0 Å². The Bertz CT molecular complexity index is 839. The maximum absolute atomic E-state index is 10.4. The first-order valence-corrected chi connectivity index (χ1v) is 10.1. The minimum Gasteiger partial charge on any atom is -0.508 e. The fourth-order valence-electron chi connectivity index (χ4n) is 4.21. The largest absolute Gasteiger partial charge is 0.508 e. The van der Waals surface area contributed by atoms with Crippen LogP contribution in [0.2, 0.25) is 0 Å². The minimum atomic E-state index is -0.272. The number of ether oxygens (including phenoxy) is 1. The maximum atomic E-state index is 10.4. The van der Waals surface area contributed by atoms with Crippen LogP contribution in [0.1, 0.15) is 43.4 Å². The molecule has 0 saturated carbocycles. The van der Waals surface area contributed by atoms with E-state index in [1.165, 1.54) is 0 Å². The highest BCUT2D eigenvalue weighted by molar-refractivity contribution is 6.01. The summed E-state index contributed by atoms with van der Waals surface area (Å²) < 4.78 is 5.59. The highest BCUT2D eigenvalue weighted by Crippen LogP contribution is 2.37. The Hall–Kier alpha value is -2.37. The summed E-state index contributed by atoms with van der Waals surface area (Å²) in [6.45, 7) is 4.68. The van der Waals surface area contributed by atoms with Gasteiger partial charge in [0.1, 0.15) is 17.2 Å². The molecule has 0 bridgehead atoms. The lowest BCUT2D eigenvalue weighted by molar-refractivity contribution is 0.144. The first kappa shape index (κ1) is 19.0. The lowest BCUT2D eigenvalue weighted by Gasteiger charge is -2.44. The summed E-state index contributed by atoms with van der Waals surface area (Å²) in [4.78, 5) is 7.56. The molecule has 0 radical (unpaired) electrons. The Kier molecular flexibility index (Phi) is 5.38. The summed E-state index contributed by atoms with van der Waals surface area (Å²) in [7, 11) is 2.16. The Morgan fingerprint density at radius 2 is 1.86 bits per heavy atom. The smallest absolute Gasteiger partial charge is 0.120 e. The molecular weight excluding hydrogens is 350 g/mol. The maximum Gasteiger partial charge on any atom is 0.120 e. The predicted octanol–water partition coefficient (Wildman–Crippen LogP) is 3.74. The van der Waals surface area contributed by atoms with Gasteiger partial charge in [0.15, 0.2) is 0 Å². The van der Waals surface area contributed by atoms with E-state index >= 15 is 0 Å². The van der Waals surface area contributed by atoms with Crippen LogP contribution in [-0.4, -0.2) is 48.1 Å². The Morgan fingerprint density at radius 1 is 1.14 bits per heavy atom. The molecule has 2 aliphatic rings. The van der Waals surface area contributed by atoms with Crippen molar-refractivity contribution in [3.8, 4) is 11.5 Å². The molecule has 148 valence electrons. The molecule has 0 aromatic heterocycles. The number of phenolic OH excluding ortho intramolecular Hbond substituents is 1. The van der Waals surface area contributed by atoms with Gasteiger partial charge in [0.2, 0.25) is 0 Å². The van der Waals surface area contributed by atoms with E-state index in [-0.39, 0.29) is 11.7 Å². The molecule has 0 unspecified atom stereocenters. The SMILES string of the molecule is CCOc1ccc(C2=NC3(CCN(C)CC3)N[C@H](c3ccccc3O)C2)cc1. The van der Waals surface area contributed by atoms with Crippen LogP contribution in [-0.2, 0) is 0 Å². The lowest BCUT2D eigenvalue weighted by atomic mass is 9.87. The zero-order chi connectivity index (χ0) is 19.6. The van der Waals surface area contributed by atoms with E-state index in [4.69, 9.17) is 9.73 Å². The molecule has 5 nitrogen and oxygen atoms in total. The molecule has 5 heteroatoms. The molecule has 2 heterocycles. The van der Waals surface area contributed by atoms with E-state index in [9.17, 15) is 5.11 Å². The summed E-state index contributed by atoms with van der Waals surface area (Å²) in [5.74, 6) is 1.23. The number of aromatic hydroxyl groups is 1. The van der Waals surface area contributed by atoms with Gasteiger partial charge in [0.25, 0.3) is 0 Å². The van der Waals surface area contributed by atoms with Crippen molar-refractivity contribution >= 4 is 5.71 Å². The van der Waals surface area contributed by atoms with E-state index in [0.717, 1.165) is 54.9 Å². The Morgan fingerprint density at radius 3 is 2.54 bits per heavy atom. The molecule has 2 aromatic rings. The first-order valence-electron chi connectivity index (χ1n) is 10.1. The monoisotopic (exact) mass is 379 g/mol. The van der Waals surface area contributed by atoms with Crippen LogP contribution in [0.25, 0.3) is 0 Å². The van der Waals surface area contributed by atoms with Crippen molar-refractivity contribution < 1.29 is 9.84 Å². The molecule has 0 amide bonds. The number of likely N-dealkylation sites (tertiary alicyclic amines) is 1. The van der Waals surface area contributed by atoms with Crippen LogP contribution >= 0.6 is 0 Å². The van der Waals surface area contributed by atoms with Gasteiger partial charge in [-0.25, -0.2) is 0 Å². The van der Waals surface area contributed by atoms with Gasteiger partial charge in [0.05, 0.1) is 6.61 Å². The summed E-state index contributed by atoms with van der Waals surface area (Å²) in [6.07, 6.45) is 2.69. The van der Waals surface area contributed by atoms with E-state index in [2.05, 4.69) is 29.4 Å². The van der Waals surface area contributed by atoms with Crippen LogP contribution in [0.3, 0.4) is 0 Å². The second-order valence-electron chi connectivity index (χ2n) is 7.81. The fraction of sp³-hybridized carbons (Fsp3) is 0.435. The number of benzene rings is 2. The van der Waals surface area contributed by atoms with Crippen molar-refractivity contribution in [3.63, 3.8) is 0 Å². The van der Waals surface area contributed by atoms with Crippen LogP contribution in [0.4, 0.5) is 0 Å². The van der Waals surface area contributed by atoms with Crippen molar-refractivity contribution in [2.45, 2.75) is 37.9 Å². The fourth-order valence-corrected chi connectivity index (χ4v) is 4.21. The molecule has 1 fully saturated rings. The number of phenols is 1. The number of hydrogen-bond acceptors (Lipinski definition) is 5. The normalized spacial score (nSPS) is 22.1. The van der Waals surface area contributed by atoms with Crippen LogP contribution in [0.5, 0.6) is 11.5 Å². The Labute approximate surface area is 167 Å². The van der Waals surface area contributed by atoms with Gasteiger partial charge in [-0.15, -0.1) is 0 Å². The molecule has 1 atom stereocenters. The van der Waals surface area contributed by atoms with Gasteiger partial charge in [-0.1, -0.05) is 18.2 Å². The van der Waals surface area contributed by atoms with E-state index in [1.807, 2.05) is 37.3 Å². The topological polar surface area (TPSA) is 57.1 Å². The van der Waals surface area contributed by atoms with Crippen molar-refractivity contribution in [3.05, 3.63) is 59.7 Å². The molecular formula is C23H29N3O2. The van der Waals surface area contributed by atoms with Crippen molar-refractivity contribution in [1.82, 2.24) is 10.2 Å². The first-order chi connectivity index (χ1) is 13.6. The lowest BCUT2D eigenvalue weighted by Crippen LogP contribution is -2.55. The number of rotatable bonds is 4. The number of piperidine rings is 1. The number of aliphatic imine (C=N–C) groups is 1. The van der Waals surface area contributed by atoms with Gasteiger partial charge in [-0.3, -0.25) is 10.3 Å².